The van der Waals surface area contributed by atoms with E-state index in [4.69, 9.17) is 11.6 Å². The Kier molecular flexibility index (Phi) is 5.41. The number of esters is 1. The van der Waals surface area contributed by atoms with Crippen LogP contribution >= 0.6 is 22.9 Å². The van der Waals surface area contributed by atoms with Crippen LogP contribution in [0, 0.1) is 5.92 Å². The average molecular weight is 291 g/mol. The first-order valence-electron chi connectivity index (χ1n) is 5.88. The van der Waals surface area contributed by atoms with Crippen molar-refractivity contribution in [2.75, 3.05) is 18.6 Å². The van der Waals surface area contributed by atoms with Crippen molar-refractivity contribution >= 4 is 34.0 Å². The SMILES string of the molecule is COC(=O)c1sc(N(CC(C)C)C(C)C)nc1Cl. The van der Waals surface area contributed by atoms with Crippen molar-refractivity contribution in [2.24, 2.45) is 5.92 Å². The maximum absolute atomic E-state index is 11.5. The number of carbonyl (C=O) groups is 1. The largest absolute Gasteiger partial charge is 0.465 e. The van der Waals surface area contributed by atoms with Gasteiger partial charge >= 0.3 is 5.97 Å². The summed E-state index contributed by atoms with van der Waals surface area (Å²) in [6.07, 6.45) is 0. The molecule has 0 saturated carbocycles. The van der Waals surface area contributed by atoms with E-state index in [1.165, 1.54) is 18.4 Å². The zero-order valence-electron chi connectivity index (χ0n) is 11.4. The standard InChI is InChI=1S/C12H19ClN2O2S/c1-7(2)6-15(8(3)4)12-14-10(13)9(18-12)11(16)17-5/h7-8H,6H2,1-5H3. The highest BCUT2D eigenvalue weighted by molar-refractivity contribution is 7.18. The maximum atomic E-state index is 11.5. The molecule has 0 atom stereocenters. The highest BCUT2D eigenvalue weighted by Crippen LogP contribution is 2.31. The Morgan fingerprint density at radius 1 is 1.44 bits per heavy atom. The van der Waals surface area contributed by atoms with Gasteiger partial charge in [-0.25, -0.2) is 9.78 Å². The number of rotatable bonds is 5. The van der Waals surface area contributed by atoms with E-state index in [-0.39, 0.29) is 5.15 Å². The van der Waals surface area contributed by atoms with Gasteiger partial charge in [0.2, 0.25) is 0 Å². The molecule has 6 heteroatoms. The number of ether oxygens (including phenoxy) is 1. The van der Waals surface area contributed by atoms with Crippen molar-refractivity contribution in [1.29, 1.82) is 0 Å². The third-order valence-electron chi connectivity index (χ3n) is 2.38. The lowest BCUT2D eigenvalue weighted by atomic mass is 10.2. The smallest absolute Gasteiger partial charge is 0.351 e. The first-order valence-corrected chi connectivity index (χ1v) is 7.07. The van der Waals surface area contributed by atoms with Gasteiger partial charge in [-0.05, 0) is 19.8 Å². The van der Waals surface area contributed by atoms with Gasteiger partial charge in [-0.15, -0.1) is 0 Å². The van der Waals surface area contributed by atoms with Crippen LogP contribution in [0.4, 0.5) is 5.13 Å². The molecule has 0 radical (unpaired) electrons. The number of anilines is 1. The Hall–Kier alpha value is -0.810. The van der Waals surface area contributed by atoms with Gasteiger partial charge in [0.1, 0.15) is 0 Å². The van der Waals surface area contributed by atoms with Gasteiger partial charge in [-0.3, -0.25) is 0 Å². The van der Waals surface area contributed by atoms with Crippen LogP contribution in [0.15, 0.2) is 0 Å². The molecular formula is C12H19ClN2O2S. The van der Waals surface area contributed by atoms with E-state index in [0.717, 1.165) is 11.7 Å². The summed E-state index contributed by atoms with van der Waals surface area (Å²) in [6, 6.07) is 0.306. The van der Waals surface area contributed by atoms with E-state index >= 15 is 0 Å². The second-order valence-corrected chi connectivity index (χ2v) is 6.08. The van der Waals surface area contributed by atoms with Crippen molar-refractivity contribution in [3.63, 3.8) is 0 Å². The molecule has 0 bridgehead atoms. The lowest BCUT2D eigenvalue weighted by Gasteiger charge is -2.27. The summed E-state index contributed by atoms with van der Waals surface area (Å²) in [7, 11) is 1.34. The quantitative estimate of drug-likeness (QED) is 0.779. The van der Waals surface area contributed by atoms with Gasteiger partial charge in [-0.1, -0.05) is 36.8 Å². The van der Waals surface area contributed by atoms with E-state index in [1.807, 2.05) is 0 Å². The molecule has 0 N–H and O–H groups in total. The topological polar surface area (TPSA) is 42.4 Å². The lowest BCUT2D eigenvalue weighted by Crippen LogP contribution is -2.33. The number of carbonyl (C=O) groups excluding carboxylic acids is 1. The number of thiazole rings is 1. The van der Waals surface area contributed by atoms with Gasteiger partial charge in [0.25, 0.3) is 0 Å². The van der Waals surface area contributed by atoms with Crippen LogP contribution in [0.3, 0.4) is 0 Å². The highest BCUT2D eigenvalue weighted by atomic mass is 35.5. The van der Waals surface area contributed by atoms with Crippen LogP contribution in [0.1, 0.15) is 37.4 Å². The second kappa shape index (κ2) is 6.38. The number of methoxy groups -OCH3 is 1. The minimum atomic E-state index is -0.433. The minimum absolute atomic E-state index is 0.219. The van der Waals surface area contributed by atoms with E-state index in [1.54, 1.807) is 0 Å². The van der Waals surface area contributed by atoms with Crippen molar-refractivity contribution in [3.8, 4) is 0 Å². The molecule has 1 aromatic heterocycles. The third kappa shape index (κ3) is 3.59. The van der Waals surface area contributed by atoms with Crippen molar-refractivity contribution in [1.82, 2.24) is 4.98 Å². The van der Waals surface area contributed by atoms with Crippen molar-refractivity contribution < 1.29 is 9.53 Å². The molecular weight excluding hydrogens is 272 g/mol. The number of halogens is 1. The second-order valence-electron chi connectivity index (χ2n) is 4.75. The molecule has 0 amide bonds. The first-order chi connectivity index (χ1) is 8.36. The Morgan fingerprint density at radius 2 is 2.06 bits per heavy atom. The average Bonchev–Trinajstić information content (AvgIpc) is 2.66. The Balaban J connectivity index is 3.03. The van der Waals surface area contributed by atoms with Crippen LogP contribution in [0.5, 0.6) is 0 Å². The molecule has 0 aromatic carbocycles. The fourth-order valence-corrected chi connectivity index (χ4v) is 2.88. The zero-order valence-corrected chi connectivity index (χ0v) is 12.9. The van der Waals surface area contributed by atoms with Crippen LogP contribution in [0.2, 0.25) is 5.15 Å². The number of aromatic nitrogens is 1. The Morgan fingerprint density at radius 3 is 2.50 bits per heavy atom. The van der Waals surface area contributed by atoms with Gasteiger partial charge < -0.3 is 9.64 Å². The molecule has 0 unspecified atom stereocenters. The molecule has 0 aliphatic carbocycles. The molecule has 0 spiro atoms. The number of nitrogens with zero attached hydrogens (tertiary/aromatic N) is 2. The van der Waals surface area contributed by atoms with Crippen molar-refractivity contribution in [3.05, 3.63) is 10.0 Å². The molecule has 0 aliphatic heterocycles. The van der Waals surface area contributed by atoms with Crippen LogP contribution in [-0.2, 0) is 4.74 Å². The van der Waals surface area contributed by atoms with Gasteiger partial charge in [-0.2, -0.15) is 0 Å². The predicted molar refractivity (Wildman–Crippen MR) is 75.8 cm³/mol. The molecule has 102 valence electrons. The summed E-state index contributed by atoms with van der Waals surface area (Å²) in [6.45, 7) is 9.35. The maximum Gasteiger partial charge on any atom is 0.351 e. The fourth-order valence-electron chi connectivity index (χ4n) is 1.54. The molecule has 1 aromatic rings. The summed E-state index contributed by atoms with van der Waals surface area (Å²) in [5, 5.41) is 0.986. The molecule has 1 heterocycles. The molecule has 4 nitrogen and oxygen atoms in total. The number of hydrogen-bond donors (Lipinski definition) is 0. The lowest BCUT2D eigenvalue weighted by molar-refractivity contribution is 0.0606. The zero-order chi connectivity index (χ0) is 13.9. The van der Waals surface area contributed by atoms with Crippen LogP contribution in [-0.4, -0.2) is 30.6 Å². The van der Waals surface area contributed by atoms with Gasteiger partial charge in [0.05, 0.1) is 7.11 Å². The van der Waals surface area contributed by atoms with Crippen molar-refractivity contribution in [2.45, 2.75) is 33.7 Å². The van der Waals surface area contributed by atoms with Crippen LogP contribution < -0.4 is 4.90 Å². The Bertz CT molecular complexity index is 418. The van der Waals surface area contributed by atoms with Crippen LogP contribution in [0.25, 0.3) is 0 Å². The number of hydrogen-bond acceptors (Lipinski definition) is 5. The summed E-state index contributed by atoms with van der Waals surface area (Å²) >= 11 is 7.25. The highest BCUT2D eigenvalue weighted by Gasteiger charge is 2.22. The van der Waals surface area contributed by atoms with E-state index < -0.39 is 5.97 Å². The summed E-state index contributed by atoms with van der Waals surface area (Å²) in [5.41, 5.74) is 0. The van der Waals surface area contributed by atoms with Gasteiger partial charge in [0, 0.05) is 12.6 Å². The normalized spacial score (nSPS) is 11.1. The Labute approximate surface area is 117 Å². The molecule has 0 aliphatic rings. The molecule has 18 heavy (non-hydrogen) atoms. The van der Waals surface area contributed by atoms with E-state index in [9.17, 15) is 4.79 Å². The molecule has 0 saturated heterocycles. The van der Waals surface area contributed by atoms with E-state index in [2.05, 4.69) is 42.3 Å². The predicted octanol–water partition coefficient (Wildman–Crippen LogP) is 3.45. The monoisotopic (exact) mass is 290 g/mol. The molecule has 1 rings (SSSR count). The summed E-state index contributed by atoms with van der Waals surface area (Å²) < 4.78 is 4.68. The minimum Gasteiger partial charge on any atom is -0.465 e. The molecule has 0 fully saturated rings. The first kappa shape index (κ1) is 15.2. The van der Waals surface area contributed by atoms with Gasteiger partial charge in [0.15, 0.2) is 15.2 Å². The summed E-state index contributed by atoms with van der Waals surface area (Å²) in [5.74, 6) is 0.0775. The fraction of sp³-hybridized carbons (Fsp3) is 0.667. The third-order valence-corrected chi connectivity index (χ3v) is 3.83. The summed E-state index contributed by atoms with van der Waals surface area (Å²) in [4.78, 5) is 18.3. The van der Waals surface area contributed by atoms with E-state index in [0.29, 0.717) is 16.8 Å².